The predicted octanol–water partition coefficient (Wildman–Crippen LogP) is 5.31. The Kier molecular flexibility index (Phi) is 8.56. The maximum Gasteiger partial charge on any atom is 0.234 e. The molecule has 170 valence electrons. The number of carbonyl (C=O) groups excluding carboxylic acids is 1. The van der Waals surface area contributed by atoms with Crippen molar-refractivity contribution in [2.45, 2.75) is 44.7 Å². The highest BCUT2D eigenvalue weighted by molar-refractivity contribution is 7.99. The highest BCUT2D eigenvalue weighted by Gasteiger charge is 2.13. The average Bonchev–Trinajstić information content (AvgIpc) is 3.27. The molecular weight excluding hydrogens is 424 g/mol. The van der Waals surface area contributed by atoms with E-state index in [1.165, 1.54) is 17.3 Å². The number of methoxy groups -OCH3 is 1. The molecule has 0 radical (unpaired) electrons. The summed E-state index contributed by atoms with van der Waals surface area (Å²) in [4.78, 5) is 12.7. The molecule has 1 N–H and O–H groups in total. The monoisotopic (exact) mass is 454 g/mol. The highest BCUT2D eigenvalue weighted by atomic mass is 32.2. The first kappa shape index (κ1) is 23.7. The molecule has 32 heavy (non-hydrogen) atoms. The molecule has 1 heterocycles. The highest BCUT2D eigenvalue weighted by Crippen LogP contribution is 2.30. The van der Waals surface area contributed by atoms with Gasteiger partial charge in [-0.1, -0.05) is 51.1 Å². The van der Waals surface area contributed by atoms with E-state index in [1.54, 1.807) is 19.5 Å². The van der Waals surface area contributed by atoms with E-state index in [0.29, 0.717) is 34.9 Å². The summed E-state index contributed by atoms with van der Waals surface area (Å²) in [5.74, 6) is 1.78. The van der Waals surface area contributed by atoms with Crippen molar-refractivity contribution in [3.05, 3.63) is 54.4 Å². The number of amides is 1. The first-order chi connectivity index (χ1) is 15.5. The van der Waals surface area contributed by atoms with Crippen molar-refractivity contribution >= 4 is 23.4 Å². The SMILES string of the molecule is CCCCOc1ccc(OC)cc1NC(=O)CSc1nncn1-c1ccc(C(C)C)cc1. The molecule has 3 rings (SSSR count). The summed E-state index contributed by atoms with van der Waals surface area (Å²) < 4.78 is 13.0. The van der Waals surface area contributed by atoms with E-state index in [9.17, 15) is 4.79 Å². The first-order valence-electron chi connectivity index (χ1n) is 10.8. The topological polar surface area (TPSA) is 78.3 Å². The van der Waals surface area contributed by atoms with Crippen LogP contribution in [0.25, 0.3) is 5.69 Å². The molecule has 8 heteroatoms. The lowest BCUT2D eigenvalue weighted by molar-refractivity contribution is -0.113. The molecule has 2 aromatic carbocycles. The van der Waals surface area contributed by atoms with Crippen LogP contribution in [0.2, 0.25) is 0 Å². The summed E-state index contributed by atoms with van der Waals surface area (Å²) >= 11 is 1.33. The summed E-state index contributed by atoms with van der Waals surface area (Å²) in [7, 11) is 1.59. The normalized spacial score (nSPS) is 10.9. The Bertz CT molecular complexity index is 1020. The number of hydrogen-bond acceptors (Lipinski definition) is 6. The Balaban J connectivity index is 1.65. The third-order valence-corrected chi connectivity index (χ3v) is 5.85. The smallest absolute Gasteiger partial charge is 0.234 e. The van der Waals surface area contributed by atoms with Gasteiger partial charge in [-0.25, -0.2) is 0 Å². The molecule has 0 fully saturated rings. The third-order valence-electron chi connectivity index (χ3n) is 4.90. The van der Waals surface area contributed by atoms with Gasteiger partial charge >= 0.3 is 0 Å². The zero-order valence-corrected chi connectivity index (χ0v) is 19.8. The molecule has 0 aliphatic heterocycles. The van der Waals surface area contributed by atoms with Gasteiger partial charge < -0.3 is 14.8 Å². The molecule has 0 aliphatic rings. The van der Waals surface area contributed by atoms with Crippen LogP contribution in [0.3, 0.4) is 0 Å². The lowest BCUT2D eigenvalue weighted by Gasteiger charge is -2.14. The minimum atomic E-state index is -0.159. The molecule has 0 bridgehead atoms. The maximum absolute atomic E-state index is 12.7. The molecule has 1 aromatic heterocycles. The Morgan fingerprint density at radius 1 is 1.19 bits per heavy atom. The van der Waals surface area contributed by atoms with Gasteiger partial charge in [-0.3, -0.25) is 9.36 Å². The quantitative estimate of drug-likeness (QED) is 0.312. The van der Waals surface area contributed by atoms with E-state index < -0.39 is 0 Å². The number of anilines is 1. The average molecular weight is 455 g/mol. The van der Waals surface area contributed by atoms with Crippen LogP contribution in [0.1, 0.15) is 45.1 Å². The van der Waals surface area contributed by atoms with Crippen molar-refractivity contribution < 1.29 is 14.3 Å². The minimum Gasteiger partial charge on any atom is -0.497 e. The minimum absolute atomic E-state index is 0.159. The van der Waals surface area contributed by atoms with Crippen LogP contribution in [0.4, 0.5) is 5.69 Å². The van der Waals surface area contributed by atoms with E-state index in [2.05, 4.69) is 48.4 Å². The summed E-state index contributed by atoms with van der Waals surface area (Å²) in [6.07, 6.45) is 3.64. The van der Waals surface area contributed by atoms with Crippen LogP contribution in [0.5, 0.6) is 11.5 Å². The largest absolute Gasteiger partial charge is 0.497 e. The van der Waals surface area contributed by atoms with Crippen LogP contribution >= 0.6 is 11.8 Å². The van der Waals surface area contributed by atoms with Gasteiger partial charge in [-0.15, -0.1) is 10.2 Å². The summed E-state index contributed by atoms with van der Waals surface area (Å²) in [6, 6.07) is 13.7. The number of thioether (sulfide) groups is 1. The van der Waals surface area contributed by atoms with E-state index in [4.69, 9.17) is 9.47 Å². The number of ether oxygens (including phenoxy) is 2. The summed E-state index contributed by atoms with van der Waals surface area (Å²) in [5, 5.41) is 11.8. The molecule has 0 aliphatic carbocycles. The second-order valence-corrected chi connectivity index (χ2v) is 8.57. The predicted molar refractivity (Wildman–Crippen MR) is 128 cm³/mol. The molecule has 0 atom stereocenters. The molecular formula is C24H30N4O3S. The Morgan fingerprint density at radius 2 is 1.97 bits per heavy atom. The molecule has 0 spiro atoms. The van der Waals surface area contributed by atoms with Crippen LogP contribution in [0.15, 0.2) is 53.9 Å². The second kappa shape index (κ2) is 11.6. The standard InChI is InChI=1S/C24H30N4O3S/c1-5-6-13-31-22-12-11-20(30-4)14-21(22)26-23(29)15-32-24-27-25-16-28(24)19-9-7-18(8-10-19)17(2)3/h7-12,14,16-17H,5-6,13,15H2,1-4H3,(H,26,29). The maximum atomic E-state index is 12.7. The fraction of sp³-hybridized carbons (Fsp3) is 0.375. The number of nitrogens with one attached hydrogen (secondary N) is 1. The van der Waals surface area contributed by atoms with Crippen molar-refractivity contribution in [3.63, 3.8) is 0 Å². The van der Waals surface area contributed by atoms with Gasteiger partial charge in [-0.2, -0.15) is 0 Å². The van der Waals surface area contributed by atoms with Crippen LogP contribution in [-0.4, -0.2) is 40.1 Å². The van der Waals surface area contributed by atoms with E-state index in [-0.39, 0.29) is 11.7 Å². The van der Waals surface area contributed by atoms with E-state index in [0.717, 1.165) is 18.5 Å². The van der Waals surface area contributed by atoms with Gasteiger partial charge in [0.2, 0.25) is 5.91 Å². The van der Waals surface area contributed by atoms with Crippen LogP contribution < -0.4 is 14.8 Å². The molecule has 3 aromatic rings. The summed E-state index contributed by atoms with van der Waals surface area (Å²) in [5.41, 5.74) is 2.82. The molecule has 0 unspecified atom stereocenters. The lowest BCUT2D eigenvalue weighted by atomic mass is 10.0. The third kappa shape index (κ3) is 6.26. The Morgan fingerprint density at radius 3 is 2.66 bits per heavy atom. The second-order valence-electron chi connectivity index (χ2n) is 7.63. The van der Waals surface area contributed by atoms with Crippen molar-refractivity contribution in [2.75, 3.05) is 24.8 Å². The lowest BCUT2D eigenvalue weighted by Crippen LogP contribution is -2.15. The van der Waals surface area contributed by atoms with Gasteiger partial charge in [0.05, 0.1) is 25.2 Å². The fourth-order valence-corrected chi connectivity index (χ4v) is 3.75. The molecule has 0 saturated carbocycles. The zero-order valence-electron chi connectivity index (χ0n) is 19.0. The molecule has 0 saturated heterocycles. The van der Waals surface area contributed by atoms with Gasteiger partial charge in [0.25, 0.3) is 0 Å². The first-order valence-corrected chi connectivity index (χ1v) is 11.7. The Hall–Kier alpha value is -3.00. The molecule has 1 amide bonds. The van der Waals surface area contributed by atoms with Gasteiger partial charge in [0.15, 0.2) is 5.16 Å². The van der Waals surface area contributed by atoms with Crippen LogP contribution in [-0.2, 0) is 4.79 Å². The number of nitrogens with zero attached hydrogens (tertiary/aromatic N) is 3. The van der Waals surface area contributed by atoms with Crippen molar-refractivity contribution in [2.24, 2.45) is 0 Å². The zero-order chi connectivity index (χ0) is 22.9. The molecule has 7 nitrogen and oxygen atoms in total. The van der Waals surface area contributed by atoms with Gasteiger partial charge in [0, 0.05) is 11.8 Å². The van der Waals surface area contributed by atoms with Gasteiger partial charge in [0.1, 0.15) is 17.8 Å². The number of benzene rings is 2. The number of unbranched alkanes of at least 4 members (excludes halogenated alkanes) is 1. The van der Waals surface area contributed by atoms with Crippen molar-refractivity contribution in [1.29, 1.82) is 0 Å². The van der Waals surface area contributed by atoms with E-state index >= 15 is 0 Å². The van der Waals surface area contributed by atoms with Crippen molar-refractivity contribution in [3.8, 4) is 17.2 Å². The number of hydrogen-bond donors (Lipinski definition) is 1. The van der Waals surface area contributed by atoms with Gasteiger partial charge in [-0.05, 0) is 42.2 Å². The summed E-state index contributed by atoms with van der Waals surface area (Å²) in [6.45, 7) is 7.03. The number of carbonyl (C=O) groups is 1. The van der Waals surface area contributed by atoms with Crippen LogP contribution in [0, 0.1) is 0 Å². The Labute approximate surface area is 193 Å². The van der Waals surface area contributed by atoms with E-state index in [1.807, 2.05) is 28.8 Å². The van der Waals surface area contributed by atoms with Crippen molar-refractivity contribution in [1.82, 2.24) is 14.8 Å². The fourth-order valence-electron chi connectivity index (χ4n) is 3.02. The number of aromatic nitrogens is 3. The number of rotatable bonds is 11.